The van der Waals surface area contributed by atoms with Gasteiger partial charge in [0, 0.05) is 23.9 Å². The molecule has 0 bridgehead atoms. The molecule has 0 saturated carbocycles. The predicted molar refractivity (Wildman–Crippen MR) is 96.0 cm³/mol. The van der Waals surface area contributed by atoms with Crippen LogP contribution in [-0.2, 0) is 27.8 Å². The molecule has 0 aromatic carbocycles. The summed E-state index contributed by atoms with van der Waals surface area (Å²) in [5.41, 5.74) is 1.48. The third-order valence-corrected chi connectivity index (χ3v) is 4.65. The maximum Gasteiger partial charge on any atom is 0.413 e. The van der Waals surface area contributed by atoms with Crippen LogP contribution in [0, 0.1) is 0 Å². The molecule has 1 unspecified atom stereocenters. The number of ether oxygens (including phenoxy) is 1. The number of carbonyl (C=O) groups is 2. The second kappa shape index (κ2) is 5.52. The number of hydrogen-bond acceptors (Lipinski definition) is 5. The molecule has 0 saturated heterocycles. The summed E-state index contributed by atoms with van der Waals surface area (Å²) < 4.78 is 5.26. The highest BCUT2D eigenvalue weighted by Crippen LogP contribution is 2.46. The lowest BCUT2D eigenvalue weighted by Gasteiger charge is -2.20. The maximum absolute atomic E-state index is 12.7. The summed E-state index contributed by atoms with van der Waals surface area (Å²) in [6.07, 6.45) is 2.18. The predicted octanol–water partition coefficient (Wildman–Crippen LogP) is 2.81. The van der Waals surface area contributed by atoms with Crippen molar-refractivity contribution in [2.75, 3.05) is 10.6 Å². The van der Waals surface area contributed by atoms with Gasteiger partial charge < -0.3 is 10.1 Å². The molecule has 7 nitrogen and oxygen atoms in total. The maximum atomic E-state index is 12.7. The van der Waals surface area contributed by atoms with Crippen molar-refractivity contribution in [2.24, 2.45) is 0 Å². The molecule has 2 aromatic heterocycles. The number of carbonyl (C=O) groups excluding carboxylic acids is 2. The highest BCUT2D eigenvalue weighted by molar-refractivity contribution is 6.06. The van der Waals surface area contributed by atoms with Crippen LogP contribution in [0.3, 0.4) is 0 Å². The van der Waals surface area contributed by atoms with E-state index in [9.17, 15) is 9.59 Å². The fraction of sp³-hybridized carbons (Fsp3) is 0.368. The van der Waals surface area contributed by atoms with Crippen LogP contribution in [0.1, 0.15) is 37.6 Å². The molecular weight excluding hydrogens is 332 g/mol. The number of rotatable bonds is 1. The Hall–Kier alpha value is -2.96. The minimum Gasteiger partial charge on any atom is -0.444 e. The van der Waals surface area contributed by atoms with E-state index >= 15 is 0 Å². The van der Waals surface area contributed by atoms with Gasteiger partial charge in [-0.1, -0.05) is 12.1 Å². The molecule has 134 valence electrons. The van der Waals surface area contributed by atoms with Crippen LogP contribution < -0.4 is 10.6 Å². The van der Waals surface area contributed by atoms with Crippen molar-refractivity contribution >= 4 is 23.6 Å². The van der Waals surface area contributed by atoms with Crippen LogP contribution in [0.15, 0.2) is 30.5 Å². The van der Waals surface area contributed by atoms with E-state index in [2.05, 4.69) is 20.6 Å². The molecule has 1 aliphatic heterocycles. The first kappa shape index (κ1) is 16.5. The molecule has 1 spiro atoms. The van der Waals surface area contributed by atoms with Gasteiger partial charge in [0.05, 0.1) is 5.41 Å². The van der Waals surface area contributed by atoms with E-state index in [4.69, 9.17) is 4.74 Å². The van der Waals surface area contributed by atoms with Gasteiger partial charge in [-0.25, -0.2) is 14.8 Å². The van der Waals surface area contributed by atoms with Crippen molar-refractivity contribution in [3.05, 3.63) is 47.3 Å². The third kappa shape index (κ3) is 2.69. The first-order chi connectivity index (χ1) is 12.3. The number of nitrogens with one attached hydrogen (secondary N) is 2. The molecule has 3 heterocycles. The Morgan fingerprint density at radius 2 is 2.08 bits per heavy atom. The molecule has 0 fully saturated rings. The van der Waals surface area contributed by atoms with Crippen LogP contribution in [0.5, 0.6) is 0 Å². The monoisotopic (exact) mass is 352 g/mol. The van der Waals surface area contributed by atoms with Gasteiger partial charge in [-0.3, -0.25) is 10.1 Å². The van der Waals surface area contributed by atoms with E-state index in [1.807, 2.05) is 18.2 Å². The van der Waals surface area contributed by atoms with Gasteiger partial charge >= 0.3 is 6.09 Å². The summed E-state index contributed by atoms with van der Waals surface area (Å²) in [4.78, 5) is 33.4. The quantitative estimate of drug-likeness (QED) is 0.823. The van der Waals surface area contributed by atoms with E-state index < -0.39 is 17.1 Å². The van der Waals surface area contributed by atoms with Crippen molar-refractivity contribution in [3.8, 4) is 0 Å². The van der Waals surface area contributed by atoms with Gasteiger partial charge in [0.1, 0.15) is 17.2 Å². The number of pyridine rings is 2. The van der Waals surface area contributed by atoms with Gasteiger partial charge in [0.25, 0.3) is 0 Å². The van der Waals surface area contributed by atoms with E-state index in [0.29, 0.717) is 24.5 Å². The average molecular weight is 352 g/mol. The van der Waals surface area contributed by atoms with Crippen molar-refractivity contribution in [1.82, 2.24) is 9.97 Å². The first-order valence-electron chi connectivity index (χ1n) is 8.53. The molecule has 0 radical (unpaired) electrons. The molecular formula is C19H20N4O3. The van der Waals surface area contributed by atoms with Gasteiger partial charge in [-0.05, 0) is 44.9 Å². The highest BCUT2D eigenvalue weighted by atomic mass is 16.6. The van der Waals surface area contributed by atoms with Crippen molar-refractivity contribution in [2.45, 2.75) is 44.6 Å². The lowest BCUT2D eigenvalue weighted by atomic mass is 9.80. The Morgan fingerprint density at radius 3 is 2.85 bits per heavy atom. The number of hydrogen-bond donors (Lipinski definition) is 2. The summed E-state index contributed by atoms with van der Waals surface area (Å²) in [7, 11) is 0. The second-order valence-corrected chi connectivity index (χ2v) is 7.72. The Labute approximate surface area is 151 Å². The summed E-state index contributed by atoms with van der Waals surface area (Å²) in [5.74, 6) is 0.989. The zero-order valence-corrected chi connectivity index (χ0v) is 14.9. The van der Waals surface area contributed by atoms with Gasteiger partial charge in [-0.2, -0.15) is 0 Å². The zero-order chi connectivity index (χ0) is 18.5. The van der Waals surface area contributed by atoms with Gasteiger partial charge in [-0.15, -0.1) is 0 Å². The first-order valence-corrected chi connectivity index (χ1v) is 8.53. The topological polar surface area (TPSA) is 93.2 Å². The van der Waals surface area contributed by atoms with Gasteiger partial charge in [0.2, 0.25) is 5.91 Å². The lowest BCUT2D eigenvalue weighted by molar-refractivity contribution is -0.120. The summed E-state index contributed by atoms with van der Waals surface area (Å²) in [5, 5.41) is 5.52. The zero-order valence-electron chi connectivity index (χ0n) is 14.9. The highest BCUT2D eigenvalue weighted by Gasteiger charge is 2.51. The number of anilines is 2. The summed E-state index contributed by atoms with van der Waals surface area (Å²) in [6, 6.07) is 7.42. The number of nitrogens with zero attached hydrogens (tertiary/aromatic N) is 2. The fourth-order valence-corrected chi connectivity index (χ4v) is 3.59. The average Bonchev–Trinajstić information content (AvgIpc) is 3.04. The van der Waals surface area contributed by atoms with E-state index in [0.717, 1.165) is 16.8 Å². The van der Waals surface area contributed by atoms with Crippen LogP contribution in [0.25, 0.3) is 0 Å². The Balaban J connectivity index is 1.59. The third-order valence-electron chi connectivity index (χ3n) is 4.65. The smallest absolute Gasteiger partial charge is 0.413 e. The number of aromatic nitrogens is 2. The van der Waals surface area contributed by atoms with Crippen molar-refractivity contribution in [1.29, 1.82) is 0 Å². The Morgan fingerprint density at radius 1 is 1.27 bits per heavy atom. The van der Waals surface area contributed by atoms with E-state index in [-0.39, 0.29) is 5.91 Å². The summed E-state index contributed by atoms with van der Waals surface area (Å²) >= 11 is 0. The Kier molecular flexibility index (Phi) is 3.50. The van der Waals surface area contributed by atoms with Crippen molar-refractivity contribution in [3.63, 3.8) is 0 Å². The fourth-order valence-electron chi connectivity index (χ4n) is 3.59. The van der Waals surface area contributed by atoms with Gasteiger partial charge in [0.15, 0.2) is 0 Å². The molecule has 2 N–H and O–H groups in total. The molecule has 2 aliphatic rings. The van der Waals surface area contributed by atoms with E-state index in [1.54, 1.807) is 33.0 Å². The standard InChI is InChI=1S/C19H20N4O3/c1-18(2,3)26-17(25)22-14-7-6-11-9-19(10-13(11)21-14)12-5-4-8-20-15(12)23-16(19)24/h4-8H,9-10H2,1-3H3,(H,20,23,24)(H,21,22,25). The molecule has 2 amide bonds. The van der Waals surface area contributed by atoms with Crippen LogP contribution in [-0.4, -0.2) is 27.6 Å². The Bertz CT molecular complexity index is 919. The second-order valence-electron chi connectivity index (χ2n) is 7.72. The minimum atomic E-state index is -0.663. The minimum absolute atomic E-state index is 0.0501. The van der Waals surface area contributed by atoms with Crippen LogP contribution in [0.4, 0.5) is 16.4 Å². The normalized spacial score (nSPS) is 20.5. The van der Waals surface area contributed by atoms with E-state index in [1.165, 1.54) is 0 Å². The number of amides is 2. The molecule has 4 rings (SSSR count). The molecule has 1 atom stereocenters. The van der Waals surface area contributed by atoms with Crippen LogP contribution >= 0.6 is 0 Å². The lowest BCUT2D eigenvalue weighted by Crippen LogP contribution is -2.35. The number of fused-ring (bicyclic) bond motifs is 3. The SMILES string of the molecule is CC(C)(C)OC(=O)Nc1ccc2c(n1)CC1(C2)C(=O)Nc2ncccc21. The molecule has 7 heteroatoms. The van der Waals surface area contributed by atoms with Crippen molar-refractivity contribution < 1.29 is 14.3 Å². The molecule has 1 aliphatic carbocycles. The molecule has 26 heavy (non-hydrogen) atoms. The molecule has 2 aromatic rings. The van der Waals surface area contributed by atoms with Crippen LogP contribution in [0.2, 0.25) is 0 Å². The largest absolute Gasteiger partial charge is 0.444 e. The summed E-state index contributed by atoms with van der Waals surface area (Å²) in [6.45, 7) is 5.41.